The Hall–Kier alpha value is -1.46. The number of β-amino-alcohol motifs (C(OH)–C–C–N with tert-alkyl or cyclic N) is 1. The highest BCUT2D eigenvalue weighted by Crippen LogP contribution is 2.16. The highest BCUT2D eigenvalue weighted by Gasteiger charge is 2.20. The van der Waals surface area contributed by atoms with Gasteiger partial charge in [-0.1, -0.05) is 12.1 Å². The number of benzene rings is 1. The smallest absolute Gasteiger partial charge is 0.219 e. The number of carbonyl (C=O) groups is 1. The summed E-state index contributed by atoms with van der Waals surface area (Å²) in [6.45, 7) is 5.01. The van der Waals surface area contributed by atoms with Gasteiger partial charge < -0.3 is 10.0 Å². The minimum atomic E-state index is -0.621. The Balaban J connectivity index is 1.85. The number of carbonyl (C=O) groups excluding carboxylic acids is 1. The maximum absolute atomic E-state index is 12.8. The summed E-state index contributed by atoms with van der Waals surface area (Å²) in [5, 5.41) is 10.1. The molecule has 1 saturated heterocycles. The first-order valence-corrected chi connectivity index (χ1v) is 6.47. The van der Waals surface area contributed by atoms with Crippen molar-refractivity contribution in [3.63, 3.8) is 0 Å². The van der Waals surface area contributed by atoms with Crippen LogP contribution in [0.5, 0.6) is 0 Å². The first kappa shape index (κ1) is 14.0. The number of rotatable bonds is 3. The second-order valence-electron chi connectivity index (χ2n) is 4.87. The van der Waals surface area contributed by atoms with Crippen LogP contribution in [0, 0.1) is 5.82 Å². The fourth-order valence-electron chi connectivity index (χ4n) is 2.28. The number of amides is 1. The molecule has 0 aliphatic carbocycles. The summed E-state index contributed by atoms with van der Waals surface area (Å²) in [5.74, 6) is -0.204. The molecule has 0 radical (unpaired) electrons. The van der Waals surface area contributed by atoms with Gasteiger partial charge in [-0.05, 0) is 17.7 Å². The Bertz CT molecular complexity index is 428. The molecule has 1 atom stereocenters. The van der Waals surface area contributed by atoms with Crippen LogP contribution in [-0.4, -0.2) is 53.5 Å². The van der Waals surface area contributed by atoms with Crippen molar-refractivity contribution in [2.45, 2.75) is 13.0 Å². The van der Waals surface area contributed by atoms with Gasteiger partial charge in [0.15, 0.2) is 0 Å². The lowest BCUT2D eigenvalue weighted by Crippen LogP contribution is -2.48. The molecular weight excluding hydrogens is 247 g/mol. The maximum Gasteiger partial charge on any atom is 0.219 e. The highest BCUT2D eigenvalue weighted by molar-refractivity contribution is 5.73. The Morgan fingerprint density at radius 1 is 1.26 bits per heavy atom. The van der Waals surface area contributed by atoms with Crippen LogP contribution in [0.25, 0.3) is 0 Å². The van der Waals surface area contributed by atoms with Gasteiger partial charge >= 0.3 is 0 Å². The summed E-state index contributed by atoms with van der Waals surface area (Å²) in [4.78, 5) is 15.1. The van der Waals surface area contributed by atoms with E-state index >= 15 is 0 Å². The molecule has 1 aromatic rings. The van der Waals surface area contributed by atoms with E-state index in [4.69, 9.17) is 0 Å². The summed E-state index contributed by atoms with van der Waals surface area (Å²) in [6.07, 6.45) is -0.621. The number of aliphatic hydroxyl groups is 1. The van der Waals surface area contributed by atoms with Crippen LogP contribution in [0.1, 0.15) is 18.6 Å². The normalized spacial score (nSPS) is 18.4. The number of aliphatic hydroxyl groups excluding tert-OH is 1. The molecule has 5 heteroatoms. The summed E-state index contributed by atoms with van der Waals surface area (Å²) in [7, 11) is 0. The predicted octanol–water partition coefficient (Wildman–Crippen LogP) is 1.02. The molecule has 0 aromatic heterocycles. The number of hydrogen-bond acceptors (Lipinski definition) is 3. The van der Waals surface area contributed by atoms with E-state index in [1.807, 2.05) is 0 Å². The molecule has 1 amide bonds. The number of halogens is 1. The SMILES string of the molecule is CC(=O)N1CCN(C[C@@H](O)c2ccc(F)cc2)CC1. The Morgan fingerprint density at radius 3 is 2.37 bits per heavy atom. The molecular formula is C14H19FN2O2. The van der Waals surface area contributed by atoms with Crippen LogP contribution in [-0.2, 0) is 4.79 Å². The molecule has 1 heterocycles. The molecule has 0 saturated carbocycles. The van der Waals surface area contributed by atoms with Crippen molar-refractivity contribution < 1.29 is 14.3 Å². The van der Waals surface area contributed by atoms with Crippen LogP contribution in [0.3, 0.4) is 0 Å². The van der Waals surface area contributed by atoms with Crippen LogP contribution in [0.4, 0.5) is 4.39 Å². The molecule has 1 N–H and O–H groups in total. The molecule has 1 aromatic carbocycles. The van der Waals surface area contributed by atoms with Crippen molar-refractivity contribution in [3.05, 3.63) is 35.6 Å². The van der Waals surface area contributed by atoms with Crippen molar-refractivity contribution in [2.75, 3.05) is 32.7 Å². The van der Waals surface area contributed by atoms with Crippen molar-refractivity contribution in [1.29, 1.82) is 0 Å². The fraction of sp³-hybridized carbons (Fsp3) is 0.500. The van der Waals surface area contributed by atoms with Gasteiger partial charge in [0.25, 0.3) is 0 Å². The molecule has 1 fully saturated rings. The average Bonchev–Trinajstić information content (AvgIpc) is 2.40. The van der Waals surface area contributed by atoms with Crippen LogP contribution in [0.15, 0.2) is 24.3 Å². The van der Waals surface area contributed by atoms with Gasteiger partial charge in [0, 0.05) is 39.6 Å². The average molecular weight is 266 g/mol. The van der Waals surface area contributed by atoms with Gasteiger partial charge in [-0.3, -0.25) is 9.69 Å². The second kappa shape index (κ2) is 6.12. The van der Waals surface area contributed by atoms with Gasteiger partial charge in [0.2, 0.25) is 5.91 Å². The Morgan fingerprint density at radius 2 is 1.84 bits per heavy atom. The van der Waals surface area contributed by atoms with Crippen molar-refractivity contribution >= 4 is 5.91 Å². The Labute approximate surface area is 112 Å². The molecule has 1 aliphatic heterocycles. The van der Waals surface area contributed by atoms with Crippen LogP contribution in [0.2, 0.25) is 0 Å². The first-order valence-electron chi connectivity index (χ1n) is 6.47. The van der Waals surface area contributed by atoms with E-state index in [9.17, 15) is 14.3 Å². The summed E-state index contributed by atoms with van der Waals surface area (Å²) < 4.78 is 12.8. The largest absolute Gasteiger partial charge is 0.387 e. The van der Waals surface area contributed by atoms with Crippen LogP contribution >= 0.6 is 0 Å². The molecule has 104 valence electrons. The van der Waals surface area contributed by atoms with E-state index in [2.05, 4.69) is 4.90 Å². The number of nitrogens with zero attached hydrogens (tertiary/aromatic N) is 2. The third-order valence-electron chi connectivity index (χ3n) is 3.50. The quantitative estimate of drug-likeness (QED) is 0.888. The van der Waals surface area contributed by atoms with E-state index in [-0.39, 0.29) is 11.7 Å². The van der Waals surface area contributed by atoms with E-state index < -0.39 is 6.10 Å². The van der Waals surface area contributed by atoms with E-state index in [0.717, 1.165) is 18.7 Å². The van der Waals surface area contributed by atoms with E-state index in [1.165, 1.54) is 12.1 Å². The predicted molar refractivity (Wildman–Crippen MR) is 70.1 cm³/mol. The minimum Gasteiger partial charge on any atom is -0.387 e. The zero-order chi connectivity index (χ0) is 13.8. The zero-order valence-electron chi connectivity index (χ0n) is 11.1. The fourth-order valence-corrected chi connectivity index (χ4v) is 2.28. The molecule has 2 rings (SSSR count). The van der Waals surface area contributed by atoms with Crippen molar-refractivity contribution in [2.24, 2.45) is 0 Å². The zero-order valence-corrected chi connectivity index (χ0v) is 11.1. The highest BCUT2D eigenvalue weighted by atomic mass is 19.1. The standard InChI is InChI=1S/C14H19FN2O2/c1-11(18)17-8-6-16(7-9-17)10-14(19)12-2-4-13(15)5-3-12/h2-5,14,19H,6-10H2,1H3/t14-/m1/s1. The minimum absolute atomic E-state index is 0.0960. The second-order valence-corrected chi connectivity index (χ2v) is 4.87. The first-order chi connectivity index (χ1) is 9.06. The molecule has 19 heavy (non-hydrogen) atoms. The molecule has 0 spiro atoms. The summed E-state index contributed by atoms with van der Waals surface area (Å²) >= 11 is 0. The summed E-state index contributed by atoms with van der Waals surface area (Å²) in [5.41, 5.74) is 0.718. The van der Waals surface area contributed by atoms with E-state index in [1.54, 1.807) is 24.0 Å². The van der Waals surface area contributed by atoms with Gasteiger partial charge in [0.1, 0.15) is 5.82 Å². The van der Waals surface area contributed by atoms with E-state index in [0.29, 0.717) is 19.6 Å². The van der Waals surface area contributed by atoms with Gasteiger partial charge in [-0.15, -0.1) is 0 Å². The van der Waals surface area contributed by atoms with Crippen molar-refractivity contribution in [1.82, 2.24) is 9.80 Å². The molecule has 0 bridgehead atoms. The molecule has 1 aliphatic rings. The maximum atomic E-state index is 12.8. The Kier molecular flexibility index (Phi) is 4.50. The van der Waals surface area contributed by atoms with Gasteiger partial charge in [-0.2, -0.15) is 0 Å². The summed E-state index contributed by atoms with van der Waals surface area (Å²) in [6, 6.07) is 5.91. The number of hydrogen-bond donors (Lipinski definition) is 1. The topological polar surface area (TPSA) is 43.8 Å². The number of piperazine rings is 1. The molecule has 4 nitrogen and oxygen atoms in total. The van der Waals surface area contributed by atoms with Gasteiger partial charge in [-0.25, -0.2) is 4.39 Å². The lowest BCUT2D eigenvalue weighted by Gasteiger charge is -2.35. The lowest BCUT2D eigenvalue weighted by atomic mass is 10.1. The molecule has 0 unspecified atom stereocenters. The van der Waals surface area contributed by atoms with Crippen molar-refractivity contribution in [3.8, 4) is 0 Å². The lowest BCUT2D eigenvalue weighted by molar-refractivity contribution is -0.130. The van der Waals surface area contributed by atoms with Crippen LogP contribution < -0.4 is 0 Å². The third-order valence-corrected chi connectivity index (χ3v) is 3.50. The van der Waals surface area contributed by atoms with Gasteiger partial charge in [0.05, 0.1) is 6.10 Å². The third kappa shape index (κ3) is 3.75. The monoisotopic (exact) mass is 266 g/mol.